The minimum atomic E-state index is -0.660. The number of carboxylic acid groups (broad SMARTS) is 1. The molecule has 19 heavy (non-hydrogen) atoms. The molecule has 0 aromatic heterocycles. The van der Waals surface area contributed by atoms with E-state index in [0.717, 1.165) is 50.9 Å². The summed E-state index contributed by atoms with van der Waals surface area (Å²) in [6.07, 6.45) is 4.74. The molecule has 1 N–H and O–H groups in total. The van der Waals surface area contributed by atoms with E-state index < -0.39 is 11.4 Å². The molecule has 3 heteroatoms. The van der Waals surface area contributed by atoms with E-state index in [1.807, 2.05) is 12.1 Å². The van der Waals surface area contributed by atoms with Gasteiger partial charge in [0.25, 0.3) is 0 Å². The molecule has 2 fully saturated rings. The maximum Gasteiger partial charge on any atom is 0.314 e. The summed E-state index contributed by atoms with van der Waals surface area (Å²) >= 11 is 0. The molecule has 1 saturated carbocycles. The molecule has 1 aromatic rings. The zero-order valence-corrected chi connectivity index (χ0v) is 11.1. The highest BCUT2D eigenvalue weighted by Gasteiger charge is 2.41. The van der Waals surface area contributed by atoms with E-state index in [2.05, 4.69) is 12.1 Å². The van der Waals surface area contributed by atoms with Gasteiger partial charge in [-0.05, 0) is 24.0 Å². The van der Waals surface area contributed by atoms with Gasteiger partial charge in [0.1, 0.15) is 0 Å². The standard InChI is InChI=1S/C16H20O3/c17-15(18)16(8-2-1-3-9-16)14-6-4-12(5-7-14)13-10-19-11-13/h4-7,13H,1-3,8-11H2,(H,17,18). The van der Waals surface area contributed by atoms with Crippen molar-refractivity contribution in [3.63, 3.8) is 0 Å². The van der Waals surface area contributed by atoms with Crippen LogP contribution in [0.25, 0.3) is 0 Å². The van der Waals surface area contributed by atoms with E-state index in [-0.39, 0.29) is 0 Å². The fourth-order valence-corrected chi connectivity index (χ4v) is 3.28. The van der Waals surface area contributed by atoms with Gasteiger partial charge in [0.15, 0.2) is 0 Å². The molecule has 2 aliphatic rings. The zero-order chi connectivity index (χ0) is 13.3. The molecule has 1 saturated heterocycles. The molecule has 1 aromatic carbocycles. The van der Waals surface area contributed by atoms with Crippen LogP contribution >= 0.6 is 0 Å². The van der Waals surface area contributed by atoms with E-state index in [0.29, 0.717) is 5.92 Å². The summed E-state index contributed by atoms with van der Waals surface area (Å²) in [6.45, 7) is 1.59. The summed E-state index contributed by atoms with van der Waals surface area (Å²) in [5, 5.41) is 9.66. The number of rotatable bonds is 3. The topological polar surface area (TPSA) is 46.5 Å². The average Bonchev–Trinajstić information content (AvgIpc) is 2.38. The Morgan fingerprint density at radius 2 is 1.74 bits per heavy atom. The lowest BCUT2D eigenvalue weighted by Gasteiger charge is -2.34. The Morgan fingerprint density at radius 3 is 2.21 bits per heavy atom. The maximum absolute atomic E-state index is 11.7. The van der Waals surface area contributed by atoms with Crippen LogP contribution in [0.1, 0.15) is 49.1 Å². The van der Waals surface area contributed by atoms with E-state index in [4.69, 9.17) is 4.74 Å². The first kappa shape index (κ1) is 12.7. The van der Waals surface area contributed by atoms with Crippen molar-refractivity contribution in [2.75, 3.05) is 13.2 Å². The van der Waals surface area contributed by atoms with Gasteiger partial charge in [0.05, 0.1) is 18.6 Å². The molecule has 3 rings (SSSR count). The molecule has 1 aliphatic heterocycles. The van der Waals surface area contributed by atoms with Crippen LogP contribution in [0.2, 0.25) is 0 Å². The third-order valence-electron chi connectivity index (χ3n) is 4.69. The first-order valence-corrected chi connectivity index (χ1v) is 7.14. The van der Waals surface area contributed by atoms with Crippen LogP contribution in [-0.2, 0) is 14.9 Å². The predicted octanol–water partition coefficient (Wildman–Crippen LogP) is 3.09. The second-order valence-electron chi connectivity index (χ2n) is 5.80. The van der Waals surface area contributed by atoms with Gasteiger partial charge in [-0.3, -0.25) is 4.79 Å². The number of benzene rings is 1. The molecule has 102 valence electrons. The van der Waals surface area contributed by atoms with Gasteiger partial charge in [-0.25, -0.2) is 0 Å². The van der Waals surface area contributed by atoms with Crippen LogP contribution in [0.5, 0.6) is 0 Å². The summed E-state index contributed by atoms with van der Waals surface area (Å²) in [5.74, 6) is -0.159. The lowest BCUT2D eigenvalue weighted by molar-refractivity contribution is -0.145. The average molecular weight is 260 g/mol. The lowest BCUT2D eigenvalue weighted by atomic mass is 9.69. The van der Waals surface area contributed by atoms with Crippen LogP contribution in [0.15, 0.2) is 24.3 Å². The Morgan fingerprint density at radius 1 is 1.11 bits per heavy atom. The molecule has 0 bridgehead atoms. The summed E-state index contributed by atoms with van der Waals surface area (Å²) in [7, 11) is 0. The van der Waals surface area contributed by atoms with Crippen molar-refractivity contribution < 1.29 is 14.6 Å². The second-order valence-corrected chi connectivity index (χ2v) is 5.80. The van der Waals surface area contributed by atoms with Gasteiger partial charge in [0.2, 0.25) is 0 Å². The SMILES string of the molecule is O=C(O)C1(c2ccc(C3COC3)cc2)CCCCC1. The van der Waals surface area contributed by atoms with Crippen LogP contribution in [0, 0.1) is 0 Å². The molecular formula is C16H20O3. The van der Waals surface area contributed by atoms with Crippen LogP contribution < -0.4 is 0 Å². The maximum atomic E-state index is 11.7. The second kappa shape index (κ2) is 4.97. The molecule has 3 nitrogen and oxygen atoms in total. The molecule has 0 unspecified atom stereocenters. The van der Waals surface area contributed by atoms with Gasteiger partial charge < -0.3 is 9.84 Å². The van der Waals surface area contributed by atoms with Gasteiger partial charge in [-0.1, -0.05) is 43.5 Å². The van der Waals surface area contributed by atoms with Gasteiger partial charge >= 0.3 is 5.97 Å². The van der Waals surface area contributed by atoms with Crippen molar-refractivity contribution in [3.05, 3.63) is 35.4 Å². The molecule has 0 amide bonds. The smallest absolute Gasteiger partial charge is 0.314 e. The van der Waals surface area contributed by atoms with E-state index in [9.17, 15) is 9.90 Å². The summed E-state index contributed by atoms with van der Waals surface area (Å²) in [6, 6.07) is 8.21. The molecule has 0 radical (unpaired) electrons. The molecule has 1 aliphatic carbocycles. The van der Waals surface area contributed by atoms with Gasteiger partial charge in [-0.15, -0.1) is 0 Å². The number of carbonyl (C=O) groups is 1. The lowest BCUT2D eigenvalue weighted by Crippen LogP contribution is -2.37. The molecule has 0 spiro atoms. The minimum absolute atomic E-state index is 0.501. The number of ether oxygens (including phenoxy) is 1. The van der Waals surface area contributed by atoms with Crippen molar-refractivity contribution in [3.8, 4) is 0 Å². The van der Waals surface area contributed by atoms with Crippen LogP contribution in [-0.4, -0.2) is 24.3 Å². The number of hydrogen-bond acceptors (Lipinski definition) is 2. The summed E-state index contributed by atoms with van der Waals surface area (Å²) in [4.78, 5) is 11.7. The number of carboxylic acids is 1. The monoisotopic (exact) mass is 260 g/mol. The van der Waals surface area contributed by atoms with Crippen LogP contribution in [0.4, 0.5) is 0 Å². The quantitative estimate of drug-likeness (QED) is 0.908. The van der Waals surface area contributed by atoms with E-state index >= 15 is 0 Å². The summed E-state index contributed by atoms with van der Waals surface area (Å²) in [5.41, 5.74) is 1.60. The van der Waals surface area contributed by atoms with Crippen molar-refractivity contribution in [2.45, 2.75) is 43.4 Å². The zero-order valence-electron chi connectivity index (χ0n) is 11.1. The van der Waals surface area contributed by atoms with Crippen LogP contribution in [0.3, 0.4) is 0 Å². The van der Waals surface area contributed by atoms with Crippen molar-refractivity contribution >= 4 is 5.97 Å². The Balaban J connectivity index is 1.87. The fraction of sp³-hybridized carbons (Fsp3) is 0.562. The van der Waals surface area contributed by atoms with Crippen molar-refractivity contribution in [1.82, 2.24) is 0 Å². The Hall–Kier alpha value is -1.35. The van der Waals surface area contributed by atoms with Gasteiger partial charge in [-0.2, -0.15) is 0 Å². The van der Waals surface area contributed by atoms with Crippen molar-refractivity contribution in [1.29, 1.82) is 0 Å². The minimum Gasteiger partial charge on any atom is -0.481 e. The van der Waals surface area contributed by atoms with E-state index in [1.54, 1.807) is 0 Å². The molecule has 0 atom stereocenters. The molecular weight excluding hydrogens is 240 g/mol. The highest BCUT2D eigenvalue weighted by atomic mass is 16.5. The van der Waals surface area contributed by atoms with Gasteiger partial charge in [0, 0.05) is 5.92 Å². The number of hydrogen-bond donors (Lipinski definition) is 1. The third kappa shape index (κ3) is 2.16. The predicted molar refractivity (Wildman–Crippen MR) is 72.4 cm³/mol. The Labute approximate surface area is 113 Å². The Bertz CT molecular complexity index is 453. The van der Waals surface area contributed by atoms with Crippen molar-refractivity contribution in [2.24, 2.45) is 0 Å². The highest BCUT2D eigenvalue weighted by Crippen LogP contribution is 2.40. The third-order valence-corrected chi connectivity index (χ3v) is 4.69. The Kier molecular flexibility index (Phi) is 3.31. The fourth-order valence-electron chi connectivity index (χ4n) is 3.28. The van der Waals surface area contributed by atoms with E-state index in [1.165, 1.54) is 5.56 Å². The largest absolute Gasteiger partial charge is 0.481 e. The molecule has 1 heterocycles. The normalized spacial score (nSPS) is 22.7. The highest BCUT2D eigenvalue weighted by molar-refractivity contribution is 5.81. The summed E-state index contributed by atoms with van der Waals surface area (Å²) < 4.78 is 5.20. The number of aliphatic carboxylic acids is 1. The first-order valence-electron chi connectivity index (χ1n) is 7.14. The first-order chi connectivity index (χ1) is 9.22.